The standard InChI is InChI=1S/C20H38N6/c1-15(2)13-19(5,17-21-9-7-10-22-17)25-26-20(6,14-16(3)4)18-23-11-8-12-24-18/h15-16H,7-14H2,1-6H3,(H,21,22)(H,23,24). The molecule has 2 aliphatic rings. The zero-order valence-electron chi connectivity index (χ0n) is 17.6. The Morgan fingerprint density at radius 1 is 0.808 bits per heavy atom. The van der Waals surface area contributed by atoms with Gasteiger partial charge in [0.05, 0.1) is 0 Å². The zero-order valence-corrected chi connectivity index (χ0v) is 17.6. The quantitative estimate of drug-likeness (QED) is 0.644. The molecular weight excluding hydrogens is 324 g/mol. The molecule has 2 N–H and O–H groups in total. The van der Waals surface area contributed by atoms with Crippen LogP contribution in [0.4, 0.5) is 0 Å². The van der Waals surface area contributed by atoms with E-state index in [1.165, 1.54) is 0 Å². The van der Waals surface area contributed by atoms with Gasteiger partial charge in [0.25, 0.3) is 0 Å². The Morgan fingerprint density at radius 2 is 1.19 bits per heavy atom. The molecule has 0 fully saturated rings. The lowest BCUT2D eigenvalue weighted by molar-refractivity contribution is 0.387. The normalized spacial score (nSPS) is 23.1. The summed E-state index contributed by atoms with van der Waals surface area (Å²) in [5, 5.41) is 16.8. The monoisotopic (exact) mass is 362 g/mol. The molecule has 6 nitrogen and oxygen atoms in total. The maximum absolute atomic E-state index is 4.93. The fourth-order valence-electron chi connectivity index (χ4n) is 3.97. The summed E-state index contributed by atoms with van der Waals surface area (Å²) in [7, 11) is 0. The van der Waals surface area contributed by atoms with Crippen LogP contribution in [-0.2, 0) is 0 Å². The van der Waals surface area contributed by atoms with Gasteiger partial charge in [0.1, 0.15) is 22.7 Å². The molecule has 0 aromatic rings. The molecule has 0 bridgehead atoms. The predicted octanol–water partition coefficient (Wildman–Crippen LogP) is 3.83. The fraction of sp³-hybridized carbons (Fsp3) is 0.900. The number of azo groups is 1. The van der Waals surface area contributed by atoms with E-state index < -0.39 is 11.1 Å². The van der Waals surface area contributed by atoms with Gasteiger partial charge in [-0.2, -0.15) is 10.2 Å². The van der Waals surface area contributed by atoms with Crippen molar-refractivity contribution in [3.8, 4) is 0 Å². The molecule has 0 spiro atoms. The van der Waals surface area contributed by atoms with Gasteiger partial charge < -0.3 is 10.6 Å². The van der Waals surface area contributed by atoms with Crippen molar-refractivity contribution in [1.82, 2.24) is 10.6 Å². The van der Waals surface area contributed by atoms with Crippen molar-refractivity contribution < 1.29 is 0 Å². The van der Waals surface area contributed by atoms with Crippen molar-refractivity contribution in [3.63, 3.8) is 0 Å². The second-order valence-electron chi connectivity index (χ2n) is 8.96. The fourth-order valence-corrected chi connectivity index (χ4v) is 3.97. The van der Waals surface area contributed by atoms with E-state index in [2.05, 4.69) is 52.2 Å². The van der Waals surface area contributed by atoms with Crippen LogP contribution in [-0.4, -0.2) is 48.9 Å². The van der Waals surface area contributed by atoms with Crippen LogP contribution < -0.4 is 10.6 Å². The van der Waals surface area contributed by atoms with E-state index in [-0.39, 0.29) is 0 Å². The van der Waals surface area contributed by atoms with Crippen LogP contribution in [0.1, 0.15) is 67.2 Å². The molecule has 0 aromatic heterocycles. The van der Waals surface area contributed by atoms with Crippen molar-refractivity contribution in [3.05, 3.63) is 0 Å². The molecular formula is C20H38N6. The van der Waals surface area contributed by atoms with Gasteiger partial charge in [-0.1, -0.05) is 27.7 Å². The SMILES string of the molecule is CC(C)CC(C)(N=NC(C)(CC(C)C)C1=NCCCN1)C1=NCCCN1. The maximum atomic E-state index is 4.93. The van der Waals surface area contributed by atoms with Gasteiger partial charge in [-0.3, -0.25) is 9.98 Å². The number of rotatable bonds is 8. The van der Waals surface area contributed by atoms with Crippen molar-refractivity contribution >= 4 is 11.7 Å². The number of aliphatic imine (C=N–C) groups is 2. The molecule has 148 valence electrons. The average Bonchev–Trinajstić information content (AvgIpc) is 2.60. The summed E-state index contributed by atoms with van der Waals surface area (Å²) in [6.45, 7) is 17.0. The first kappa shape index (κ1) is 20.8. The molecule has 26 heavy (non-hydrogen) atoms. The number of amidine groups is 2. The first-order chi connectivity index (χ1) is 12.3. The number of nitrogens with one attached hydrogen (secondary N) is 2. The van der Waals surface area contributed by atoms with Crippen LogP contribution in [0.25, 0.3) is 0 Å². The molecule has 0 saturated heterocycles. The highest BCUT2D eigenvalue weighted by atomic mass is 15.3. The van der Waals surface area contributed by atoms with Gasteiger partial charge in [0.15, 0.2) is 0 Å². The molecule has 0 aromatic carbocycles. The lowest BCUT2D eigenvalue weighted by Gasteiger charge is -2.34. The first-order valence-corrected chi connectivity index (χ1v) is 10.3. The summed E-state index contributed by atoms with van der Waals surface area (Å²) in [6, 6.07) is 0. The molecule has 0 aliphatic carbocycles. The van der Waals surface area contributed by atoms with E-state index in [4.69, 9.17) is 20.2 Å². The van der Waals surface area contributed by atoms with Gasteiger partial charge in [-0.25, -0.2) is 0 Å². The van der Waals surface area contributed by atoms with Gasteiger partial charge >= 0.3 is 0 Å². The van der Waals surface area contributed by atoms with Crippen molar-refractivity contribution in [1.29, 1.82) is 0 Å². The Morgan fingerprint density at radius 3 is 1.46 bits per heavy atom. The molecule has 0 radical (unpaired) electrons. The van der Waals surface area contributed by atoms with E-state index >= 15 is 0 Å². The van der Waals surface area contributed by atoms with Crippen LogP contribution in [0.3, 0.4) is 0 Å². The minimum Gasteiger partial charge on any atom is -0.372 e. The van der Waals surface area contributed by atoms with Gasteiger partial charge in [-0.15, -0.1) is 0 Å². The number of hydrogen-bond acceptors (Lipinski definition) is 6. The smallest absolute Gasteiger partial charge is 0.136 e. The van der Waals surface area contributed by atoms with Gasteiger partial charge in [0, 0.05) is 26.2 Å². The molecule has 2 unspecified atom stereocenters. The van der Waals surface area contributed by atoms with E-state index in [0.29, 0.717) is 11.8 Å². The van der Waals surface area contributed by atoms with Gasteiger partial charge in [-0.05, 0) is 51.4 Å². The van der Waals surface area contributed by atoms with Crippen molar-refractivity contribution in [2.75, 3.05) is 26.2 Å². The Balaban J connectivity index is 2.33. The molecule has 2 heterocycles. The summed E-state index contributed by atoms with van der Waals surface area (Å²) in [4.78, 5) is 9.47. The lowest BCUT2D eigenvalue weighted by atomic mass is 9.88. The minimum atomic E-state index is -0.401. The molecule has 2 rings (SSSR count). The Kier molecular flexibility index (Phi) is 7.18. The first-order valence-electron chi connectivity index (χ1n) is 10.3. The molecule has 2 aliphatic heterocycles. The molecule has 6 heteroatoms. The van der Waals surface area contributed by atoms with E-state index in [1.807, 2.05) is 0 Å². The third kappa shape index (κ3) is 5.52. The largest absolute Gasteiger partial charge is 0.372 e. The highest BCUT2D eigenvalue weighted by Crippen LogP contribution is 2.29. The summed E-state index contributed by atoms with van der Waals surface area (Å²) >= 11 is 0. The topological polar surface area (TPSA) is 73.5 Å². The zero-order chi connectivity index (χ0) is 19.2. The molecule has 0 amide bonds. The summed E-state index contributed by atoms with van der Waals surface area (Å²) < 4.78 is 0. The summed E-state index contributed by atoms with van der Waals surface area (Å²) in [5.41, 5.74) is -0.801. The Hall–Kier alpha value is -1.46. The van der Waals surface area contributed by atoms with Crippen LogP contribution in [0.2, 0.25) is 0 Å². The van der Waals surface area contributed by atoms with Crippen molar-refractivity contribution in [2.45, 2.75) is 78.3 Å². The highest BCUT2D eigenvalue weighted by molar-refractivity contribution is 5.93. The second kappa shape index (κ2) is 8.96. The number of nitrogens with zero attached hydrogens (tertiary/aromatic N) is 4. The van der Waals surface area contributed by atoms with E-state index in [1.54, 1.807) is 0 Å². The Bertz CT molecular complexity index is 503. The van der Waals surface area contributed by atoms with Gasteiger partial charge in [0.2, 0.25) is 0 Å². The summed E-state index contributed by atoms with van der Waals surface area (Å²) in [5.74, 6) is 3.03. The van der Waals surface area contributed by atoms with Crippen LogP contribution in [0.15, 0.2) is 20.2 Å². The third-order valence-electron chi connectivity index (χ3n) is 4.92. The third-order valence-corrected chi connectivity index (χ3v) is 4.92. The van der Waals surface area contributed by atoms with E-state index in [0.717, 1.165) is 63.5 Å². The lowest BCUT2D eigenvalue weighted by Crippen LogP contribution is -2.49. The number of hydrogen-bond donors (Lipinski definition) is 2. The minimum absolute atomic E-state index is 0.401. The second-order valence-corrected chi connectivity index (χ2v) is 8.96. The predicted molar refractivity (Wildman–Crippen MR) is 110 cm³/mol. The summed E-state index contributed by atoms with van der Waals surface area (Å²) in [6.07, 6.45) is 4.04. The average molecular weight is 363 g/mol. The van der Waals surface area contributed by atoms with E-state index in [9.17, 15) is 0 Å². The van der Waals surface area contributed by atoms with Crippen LogP contribution in [0, 0.1) is 11.8 Å². The molecule has 0 saturated carbocycles. The van der Waals surface area contributed by atoms with Crippen LogP contribution in [0.5, 0.6) is 0 Å². The highest BCUT2D eigenvalue weighted by Gasteiger charge is 2.37. The Labute approximate surface area is 159 Å². The van der Waals surface area contributed by atoms with Crippen LogP contribution >= 0.6 is 0 Å². The maximum Gasteiger partial charge on any atom is 0.136 e. The van der Waals surface area contributed by atoms with Crippen molar-refractivity contribution in [2.24, 2.45) is 32.0 Å². The molecule has 2 atom stereocenters.